The zero-order valence-corrected chi connectivity index (χ0v) is 16.0. The second-order valence-electron chi connectivity index (χ2n) is 6.81. The topological polar surface area (TPSA) is 74.3 Å². The number of aromatic nitrogens is 1. The number of benzene rings is 2. The Balaban J connectivity index is 1.87. The zero-order chi connectivity index (χ0) is 19.7. The molecule has 0 saturated heterocycles. The summed E-state index contributed by atoms with van der Waals surface area (Å²) in [7, 11) is 3.24. The summed E-state index contributed by atoms with van der Waals surface area (Å²) in [5.74, 6) is 0.467. The van der Waals surface area contributed by atoms with Crippen molar-refractivity contribution in [3.63, 3.8) is 0 Å². The van der Waals surface area contributed by atoms with E-state index < -0.39 is 0 Å². The van der Waals surface area contributed by atoms with Crippen LogP contribution in [0.4, 0.5) is 11.5 Å². The van der Waals surface area contributed by atoms with Crippen molar-refractivity contribution >= 4 is 34.1 Å². The molecule has 1 aromatic heterocycles. The Labute approximate surface area is 163 Å². The van der Waals surface area contributed by atoms with Crippen molar-refractivity contribution < 1.29 is 9.59 Å². The van der Waals surface area contributed by atoms with Crippen LogP contribution in [0, 0.1) is 0 Å². The maximum absolute atomic E-state index is 12.3. The maximum atomic E-state index is 12.3. The fourth-order valence-corrected chi connectivity index (χ4v) is 3.73. The van der Waals surface area contributed by atoms with Crippen LogP contribution in [0.25, 0.3) is 10.8 Å². The molecule has 2 N–H and O–H groups in total. The monoisotopic (exact) mass is 374 g/mol. The minimum atomic E-state index is -0.209. The number of hydrogen-bond donors (Lipinski definition) is 2. The number of rotatable bonds is 3. The van der Waals surface area contributed by atoms with Crippen LogP contribution < -0.4 is 15.5 Å². The quantitative estimate of drug-likeness (QED) is 0.739. The molecule has 0 unspecified atom stereocenters. The molecule has 0 fully saturated rings. The van der Waals surface area contributed by atoms with Crippen LogP contribution >= 0.6 is 0 Å². The SMILES string of the molecule is CNC(=O)c1ccc2c(c1)CCCN2c1nc(C(=O)NC)cc2ccccc12. The molecule has 0 saturated carbocycles. The van der Waals surface area contributed by atoms with Crippen molar-refractivity contribution in [1.82, 2.24) is 15.6 Å². The molecule has 2 heterocycles. The van der Waals surface area contributed by atoms with Gasteiger partial charge in [-0.3, -0.25) is 9.59 Å². The van der Waals surface area contributed by atoms with Crippen molar-refractivity contribution in [3.8, 4) is 0 Å². The third-order valence-corrected chi connectivity index (χ3v) is 5.12. The number of carbonyl (C=O) groups excluding carboxylic acids is 2. The van der Waals surface area contributed by atoms with E-state index in [1.165, 1.54) is 0 Å². The first-order valence-electron chi connectivity index (χ1n) is 9.37. The molecule has 0 aliphatic carbocycles. The van der Waals surface area contributed by atoms with Gasteiger partial charge in [0.2, 0.25) is 0 Å². The van der Waals surface area contributed by atoms with Gasteiger partial charge in [-0.05, 0) is 48.1 Å². The van der Waals surface area contributed by atoms with E-state index in [9.17, 15) is 9.59 Å². The van der Waals surface area contributed by atoms with E-state index in [0.29, 0.717) is 11.3 Å². The number of amides is 2. The Morgan fingerprint density at radius 3 is 2.57 bits per heavy atom. The molecule has 0 atom stereocenters. The maximum Gasteiger partial charge on any atom is 0.269 e. The van der Waals surface area contributed by atoms with Crippen LogP contribution in [-0.4, -0.2) is 37.4 Å². The van der Waals surface area contributed by atoms with E-state index in [0.717, 1.165) is 47.2 Å². The van der Waals surface area contributed by atoms with Gasteiger partial charge in [0.25, 0.3) is 11.8 Å². The molecule has 0 spiro atoms. The van der Waals surface area contributed by atoms with E-state index in [4.69, 9.17) is 4.98 Å². The van der Waals surface area contributed by atoms with Crippen LogP contribution in [-0.2, 0) is 6.42 Å². The van der Waals surface area contributed by atoms with Gasteiger partial charge in [-0.25, -0.2) is 4.98 Å². The van der Waals surface area contributed by atoms with E-state index in [1.807, 2.05) is 48.5 Å². The molecular formula is C22H22N4O2. The highest BCUT2D eigenvalue weighted by Gasteiger charge is 2.23. The lowest BCUT2D eigenvalue weighted by Crippen LogP contribution is -2.28. The average molecular weight is 374 g/mol. The first-order valence-corrected chi connectivity index (χ1v) is 9.37. The third-order valence-electron chi connectivity index (χ3n) is 5.12. The number of nitrogens with zero attached hydrogens (tertiary/aromatic N) is 2. The Morgan fingerprint density at radius 1 is 1.00 bits per heavy atom. The Morgan fingerprint density at radius 2 is 1.79 bits per heavy atom. The fraction of sp³-hybridized carbons (Fsp3) is 0.227. The van der Waals surface area contributed by atoms with Gasteiger partial charge < -0.3 is 15.5 Å². The second kappa shape index (κ2) is 7.31. The van der Waals surface area contributed by atoms with Crippen LogP contribution in [0.5, 0.6) is 0 Å². The highest BCUT2D eigenvalue weighted by molar-refractivity contribution is 6.01. The summed E-state index contributed by atoms with van der Waals surface area (Å²) in [5, 5.41) is 7.30. The van der Waals surface area contributed by atoms with Crippen LogP contribution in [0.1, 0.15) is 32.8 Å². The molecule has 2 amide bonds. The van der Waals surface area contributed by atoms with Gasteiger partial charge in [0.1, 0.15) is 11.5 Å². The van der Waals surface area contributed by atoms with Gasteiger partial charge in [0, 0.05) is 37.3 Å². The molecule has 0 radical (unpaired) electrons. The Hall–Kier alpha value is -3.41. The number of hydrogen-bond acceptors (Lipinski definition) is 4. The normalized spacial score (nSPS) is 13.1. The highest BCUT2D eigenvalue weighted by atomic mass is 16.2. The van der Waals surface area contributed by atoms with E-state index in [1.54, 1.807) is 14.1 Å². The second-order valence-corrected chi connectivity index (χ2v) is 6.81. The number of carbonyl (C=O) groups is 2. The van der Waals surface area contributed by atoms with Gasteiger partial charge in [-0.1, -0.05) is 24.3 Å². The van der Waals surface area contributed by atoms with Crippen LogP contribution in [0.3, 0.4) is 0 Å². The molecule has 142 valence electrons. The molecular weight excluding hydrogens is 352 g/mol. The first kappa shape index (κ1) is 18.0. The lowest BCUT2D eigenvalue weighted by molar-refractivity contribution is 0.0952. The Kier molecular flexibility index (Phi) is 4.69. The molecule has 6 nitrogen and oxygen atoms in total. The third kappa shape index (κ3) is 3.07. The van der Waals surface area contributed by atoms with Crippen molar-refractivity contribution in [2.75, 3.05) is 25.5 Å². The standard InChI is InChI=1S/C22H22N4O2/c1-23-21(27)16-9-10-19-15(12-16)7-5-11-26(19)20-17-8-4-3-6-14(17)13-18(25-20)22(28)24-2/h3-4,6,8-10,12-13H,5,7,11H2,1-2H3,(H,23,27)(H,24,28). The fourth-order valence-electron chi connectivity index (χ4n) is 3.73. The van der Waals surface area contributed by atoms with Crippen molar-refractivity contribution in [2.24, 2.45) is 0 Å². The van der Waals surface area contributed by atoms with Gasteiger partial charge in [-0.2, -0.15) is 0 Å². The van der Waals surface area contributed by atoms with Crippen LogP contribution in [0.15, 0.2) is 48.5 Å². The number of pyridine rings is 1. The van der Waals surface area contributed by atoms with Gasteiger partial charge >= 0.3 is 0 Å². The summed E-state index contributed by atoms with van der Waals surface area (Å²) in [6.45, 7) is 0.806. The predicted octanol–water partition coefficient (Wildman–Crippen LogP) is 3.04. The summed E-state index contributed by atoms with van der Waals surface area (Å²) < 4.78 is 0. The van der Waals surface area contributed by atoms with Crippen LogP contribution in [0.2, 0.25) is 0 Å². The molecule has 0 bridgehead atoms. The Bertz CT molecular complexity index is 1080. The van der Waals surface area contributed by atoms with Gasteiger partial charge in [-0.15, -0.1) is 0 Å². The van der Waals surface area contributed by atoms with E-state index >= 15 is 0 Å². The number of anilines is 2. The highest BCUT2D eigenvalue weighted by Crippen LogP contribution is 2.37. The minimum absolute atomic E-state index is 0.0925. The summed E-state index contributed by atoms with van der Waals surface area (Å²) >= 11 is 0. The lowest BCUT2D eigenvalue weighted by Gasteiger charge is -2.31. The lowest BCUT2D eigenvalue weighted by atomic mass is 9.98. The summed E-state index contributed by atoms with van der Waals surface area (Å²) in [6.07, 6.45) is 1.86. The molecule has 3 aromatic rings. The predicted molar refractivity (Wildman–Crippen MR) is 110 cm³/mol. The van der Waals surface area contributed by atoms with Crippen molar-refractivity contribution in [1.29, 1.82) is 0 Å². The largest absolute Gasteiger partial charge is 0.355 e. The summed E-state index contributed by atoms with van der Waals surface area (Å²) in [6, 6.07) is 15.5. The smallest absolute Gasteiger partial charge is 0.269 e. The summed E-state index contributed by atoms with van der Waals surface area (Å²) in [5.41, 5.74) is 3.19. The molecule has 4 rings (SSSR count). The molecule has 2 aromatic carbocycles. The summed E-state index contributed by atoms with van der Waals surface area (Å²) in [4.78, 5) is 31.1. The van der Waals surface area contributed by atoms with Gasteiger partial charge in [0.15, 0.2) is 0 Å². The molecule has 1 aliphatic rings. The number of aryl methyl sites for hydroxylation is 1. The molecule has 1 aliphatic heterocycles. The van der Waals surface area contributed by atoms with Gasteiger partial charge in [0.05, 0.1) is 0 Å². The molecule has 6 heteroatoms. The van der Waals surface area contributed by atoms with E-state index in [-0.39, 0.29) is 11.8 Å². The minimum Gasteiger partial charge on any atom is -0.355 e. The number of nitrogens with one attached hydrogen (secondary N) is 2. The number of fused-ring (bicyclic) bond motifs is 2. The van der Waals surface area contributed by atoms with E-state index in [2.05, 4.69) is 15.5 Å². The van der Waals surface area contributed by atoms with Crippen molar-refractivity contribution in [3.05, 3.63) is 65.4 Å². The molecule has 28 heavy (non-hydrogen) atoms. The van der Waals surface area contributed by atoms with Crippen molar-refractivity contribution in [2.45, 2.75) is 12.8 Å². The average Bonchev–Trinajstić information content (AvgIpc) is 2.76. The zero-order valence-electron chi connectivity index (χ0n) is 16.0. The first-order chi connectivity index (χ1) is 13.6.